The summed E-state index contributed by atoms with van der Waals surface area (Å²) in [6, 6.07) is 12.7. The Hall–Kier alpha value is -2.40. The molecule has 0 bridgehead atoms. The van der Waals surface area contributed by atoms with E-state index in [4.69, 9.17) is 9.84 Å². The zero-order valence-electron chi connectivity index (χ0n) is 11.4. The van der Waals surface area contributed by atoms with Gasteiger partial charge in [-0.25, -0.2) is 4.39 Å². The van der Waals surface area contributed by atoms with Crippen LogP contribution in [0, 0.1) is 5.82 Å². The van der Waals surface area contributed by atoms with Crippen LogP contribution in [0.15, 0.2) is 48.5 Å². The number of rotatable bonds is 6. The fraction of sp³-hybridized carbons (Fsp3) is 0.188. The number of benzene rings is 2. The lowest BCUT2D eigenvalue weighted by atomic mass is 10.1. The first-order chi connectivity index (χ1) is 10.2. The Morgan fingerprint density at radius 1 is 1.19 bits per heavy atom. The minimum absolute atomic E-state index is 0.0794. The van der Waals surface area contributed by atoms with E-state index >= 15 is 0 Å². The average Bonchev–Trinajstić information content (AvgIpc) is 2.51. The van der Waals surface area contributed by atoms with E-state index in [1.54, 1.807) is 12.1 Å². The third-order valence-corrected chi connectivity index (χ3v) is 2.85. The van der Waals surface area contributed by atoms with Gasteiger partial charge in [-0.2, -0.15) is 0 Å². The van der Waals surface area contributed by atoms with E-state index in [1.165, 1.54) is 18.2 Å². The fourth-order valence-electron chi connectivity index (χ4n) is 1.85. The first-order valence-corrected chi connectivity index (χ1v) is 6.56. The van der Waals surface area contributed by atoms with Gasteiger partial charge in [-0.3, -0.25) is 4.79 Å². The second kappa shape index (κ2) is 7.40. The molecule has 4 nitrogen and oxygen atoms in total. The van der Waals surface area contributed by atoms with E-state index in [-0.39, 0.29) is 31.2 Å². The SMILES string of the molecule is O=C(NCc1ccccc1OCCO)c1cccc(F)c1. The lowest BCUT2D eigenvalue weighted by Crippen LogP contribution is -2.23. The lowest BCUT2D eigenvalue weighted by Gasteiger charge is -2.11. The highest BCUT2D eigenvalue weighted by Crippen LogP contribution is 2.17. The van der Waals surface area contributed by atoms with Crippen molar-refractivity contribution in [2.45, 2.75) is 6.54 Å². The molecule has 0 saturated heterocycles. The topological polar surface area (TPSA) is 58.6 Å². The maximum Gasteiger partial charge on any atom is 0.251 e. The molecule has 0 saturated carbocycles. The Balaban J connectivity index is 2.01. The number of hydrogen-bond acceptors (Lipinski definition) is 3. The molecule has 0 spiro atoms. The normalized spacial score (nSPS) is 10.2. The van der Waals surface area contributed by atoms with Crippen molar-refractivity contribution < 1.29 is 19.0 Å². The highest BCUT2D eigenvalue weighted by molar-refractivity contribution is 5.94. The van der Waals surface area contributed by atoms with E-state index in [9.17, 15) is 9.18 Å². The van der Waals surface area contributed by atoms with Crippen LogP contribution in [0.3, 0.4) is 0 Å². The number of para-hydroxylation sites is 1. The van der Waals surface area contributed by atoms with Crippen molar-refractivity contribution in [3.8, 4) is 5.75 Å². The van der Waals surface area contributed by atoms with Crippen LogP contribution in [0.1, 0.15) is 15.9 Å². The summed E-state index contributed by atoms with van der Waals surface area (Å²) in [6.07, 6.45) is 0. The molecule has 0 atom stereocenters. The smallest absolute Gasteiger partial charge is 0.251 e. The van der Waals surface area contributed by atoms with Crippen LogP contribution in [-0.2, 0) is 6.54 Å². The van der Waals surface area contributed by atoms with Crippen LogP contribution < -0.4 is 10.1 Å². The highest BCUT2D eigenvalue weighted by atomic mass is 19.1. The van der Waals surface area contributed by atoms with Gasteiger partial charge in [-0.15, -0.1) is 0 Å². The minimum atomic E-state index is -0.450. The Kier molecular flexibility index (Phi) is 5.29. The fourth-order valence-corrected chi connectivity index (χ4v) is 1.85. The molecular formula is C16H16FNO3. The number of hydrogen-bond donors (Lipinski definition) is 2. The van der Waals surface area contributed by atoms with Gasteiger partial charge in [-0.05, 0) is 24.3 Å². The second-order valence-electron chi connectivity index (χ2n) is 4.37. The van der Waals surface area contributed by atoms with Gasteiger partial charge in [0.15, 0.2) is 0 Å². The molecule has 0 fully saturated rings. The molecule has 1 amide bonds. The number of amides is 1. The number of aliphatic hydroxyl groups is 1. The maximum atomic E-state index is 13.1. The summed E-state index contributed by atoms with van der Waals surface area (Å²) in [4.78, 5) is 11.9. The van der Waals surface area contributed by atoms with E-state index in [1.807, 2.05) is 18.2 Å². The van der Waals surface area contributed by atoms with Crippen molar-refractivity contribution in [3.63, 3.8) is 0 Å². The van der Waals surface area contributed by atoms with Crippen molar-refractivity contribution in [2.24, 2.45) is 0 Å². The summed E-state index contributed by atoms with van der Waals surface area (Å²) in [7, 11) is 0. The summed E-state index contributed by atoms with van der Waals surface area (Å²) in [5, 5.41) is 11.5. The Bertz CT molecular complexity index is 616. The molecule has 2 aromatic carbocycles. The van der Waals surface area contributed by atoms with Gasteiger partial charge in [0.25, 0.3) is 5.91 Å². The van der Waals surface area contributed by atoms with Gasteiger partial charge in [0.05, 0.1) is 6.61 Å². The molecule has 0 heterocycles. The summed E-state index contributed by atoms with van der Waals surface area (Å²) in [5.74, 6) is -0.202. The molecule has 0 aliphatic heterocycles. The van der Waals surface area contributed by atoms with Gasteiger partial charge in [0, 0.05) is 17.7 Å². The first-order valence-electron chi connectivity index (χ1n) is 6.56. The van der Waals surface area contributed by atoms with Crippen LogP contribution >= 0.6 is 0 Å². The quantitative estimate of drug-likeness (QED) is 0.856. The minimum Gasteiger partial charge on any atom is -0.491 e. The van der Waals surface area contributed by atoms with Crippen molar-refractivity contribution in [3.05, 3.63) is 65.5 Å². The van der Waals surface area contributed by atoms with E-state index < -0.39 is 5.82 Å². The van der Waals surface area contributed by atoms with E-state index in [0.717, 1.165) is 5.56 Å². The molecule has 2 rings (SSSR count). The third-order valence-electron chi connectivity index (χ3n) is 2.85. The van der Waals surface area contributed by atoms with Crippen LogP contribution in [0.2, 0.25) is 0 Å². The number of nitrogens with one attached hydrogen (secondary N) is 1. The number of aliphatic hydroxyl groups excluding tert-OH is 1. The number of carbonyl (C=O) groups excluding carboxylic acids is 1. The van der Waals surface area contributed by atoms with Gasteiger partial charge in [-0.1, -0.05) is 24.3 Å². The van der Waals surface area contributed by atoms with Crippen molar-refractivity contribution >= 4 is 5.91 Å². The zero-order chi connectivity index (χ0) is 15.1. The Labute approximate surface area is 122 Å². The van der Waals surface area contributed by atoms with E-state index in [2.05, 4.69) is 5.32 Å². The lowest BCUT2D eigenvalue weighted by molar-refractivity contribution is 0.0950. The van der Waals surface area contributed by atoms with Crippen LogP contribution in [0.4, 0.5) is 4.39 Å². The average molecular weight is 289 g/mol. The van der Waals surface area contributed by atoms with Gasteiger partial charge in [0.1, 0.15) is 18.2 Å². The molecule has 21 heavy (non-hydrogen) atoms. The van der Waals surface area contributed by atoms with Crippen LogP contribution in [0.25, 0.3) is 0 Å². The van der Waals surface area contributed by atoms with Crippen molar-refractivity contribution in [1.82, 2.24) is 5.32 Å². The maximum absolute atomic E-state index is 13.1. The Morgan fingerprint density at radius 2 is 2.00 bits per heavy atom. The molecule has 110 valence electrons. The largest absolute Gasteiger partial charge is 0.491 e. The monoisotopic (exact) mass is 289 g/mol. The molecule has 0 aliphatic carbocycles. The standard InChI is InChI=1S/C16H16FNO3/c17-14-6-3-5-12(10-14)16(20)18-11-13-4-1-2-7-15(13)21-9-8-19/h1-7,10,19H,8-9,11H2,(H,18,20). The Morgan fingerprint density at radius 3 is 2.76 bits per heavy atom. The highest BCUT2D eigenvalue weighted by Gasteiger charge is 2.08. The summed E-state index contributed by atoms with van der Waals surface area (Å²) in [6.45, 7) is 0.371. The molecule has 0 aromatic heterocycles. The molecule has 0 radical (unpaired) electrons. The van der Waals surface area contributed by atoms with Crippen LogP contribution in [-0.4, -0.2) is 24.2 Å². The molecular weight excluding hydrogens is 273 g/mol. The molecule has 0 aliphatic rings. The third kappa shape index (κ3) is 4.29. The predicted molar refractivity (Wildman–Crippen MR) is 76.6 cm³/mol. The summed E-state index contributed by atoms with van der Waals surface area (Å²) < 4.78 is 18.5. The summed E-state index contributed by atoms with van der Waals surface area (Å²) in [5.41, 5.74) is 1.06. The van der Waals surface area contributed by atoms with Gasteiger partial charge < -0.3 is 15.2 Å². The van der Waals surface area contributed by atoms with Crippen molar-refractivity contribution in [2.75, 3.05) is 13.2 Å². The van der Waals surface area contributed by atoms with Crippen molar-refractivity contribution in [1.29, 1.82) is 0 Å². The molecule has 2 N–H and O–H groups in total. The first kappa shape index (κ1) is 15.0. The molecule has 2 aromatic rings. The molecule has 0 unspecified atom stereocenters. The number of halogens is 1. The second-order valence-corrected chi connectivity index (χ2v) is 4.37. The van der Waals surface area contributed by atoms with E-state index in [0.29, 0.717) is 5.75 Å². The van der Waals surface area contributed by atoms with Crippen LogP contribution in [0.5, 0.6) is 5.75 Å². The number of carbonyl (C=O) groups is 1. The predicted octanol–water partition coefficient (Wildman–Crippen LogP) is 2.13. The summed E-state index contributed by atoms with van der Waals surface area (Å²) >= 11 is 0. The van der Waals surface area contributed by atoms with Gasteiger partial charge in [0.2, 0.25) is 0 Å². The molecule has 5 heteroatoms. The number of ether oxygens (including phenoxy) is 1. The van der Waals surface area contributed by atoms with Gasteiger partial charge >= 0.3 is 0 Å². The zero-order valence-corrected chi connectivity index (χ0v) is 11.4.